The van der Waals surface area contributed by atoms with Crippen molar-refractivity contribution in [3.05, 3.63) is 17.4 Å². The van der Waals surface area contributed by atoms with Gasteiger partial charge in [-0.05, 0) is 86.2 Å². The van der Waals surface area contributed by atoms with E-state index in [0.717, 1.165) is 88.1 Å². The highest BCUT2D eigenvalue weighted by molar-refractivity contribution is 5.91. The van der Waals surface area contributed by atoms with Gasteiger partial charge in [0.25, 0.3) is 0 Å². The molecule has 11 nitrogen and oxygen atoms in total. The number of amides is 1. The van der Waals surface area contributed by atoms with Crippen molar-refractivity contribution in [2.24, 2.45) is 11.8 Å². The lowest BCUT2D eigenvalue weighted by molar-refractivity contribution is -0.128. The molecule has 1 N–H and O–H groups in total. The van der Waals surface area contributed by atoms with E-state index >= 15 is 0 Å². The summed E-state index contributed by atoms with van der Waals surface area (Å²) >= 11 is 0. The lowest BCUT2D eigenvalue weighted by Crippen LogP contribution is -2.41. The first-order valence-electron chi connectivity index (χ1n) is 16.6. The number of Topliss-reactive ketones (excluding diaryl/α,β-unsaturated/α-hetero) is 1. The summed E-state index contributed by atoms with van der Waals surface area (Å²) < 4.78 is 18.0. The standard InChI is InChI=1S/C33H46N6O5/c1-19(23-11-9-15-38(23)5)42-26-16-25(39-17-21-22(18-39)27(21)36-31(41)43-32(2,3)4)34-30(35-26)28-20-10-8-14-33(29(20)44-37-28)13-7-6-12-24(33)40/h16,19,21-23,27H,6-15,17-18H2,1-5H3,(H,36,41)/t19-,21-,22+,23-,27?,33+/m0/s1. The molecule has 6 atom stereocenters. The van der Waals surface area contributed by atoms with E-state index < -0.39 is 11.0 Å². The summed E-state index contributed by atoms with van der Waals surface area (Å²) in [6.45, 7) is 10.4. The minimum absolute atomic E-state index is 0.0400. The molecule has 5 aliphatic rings. The predicted octanol–water partition coefficient (Wildman–Crippen LogP) is 4.67. The van der Waals surface area contributed by atoms with E-state index in [9.17, 15) is 9.59 Å². The maximum atomic E-state index is 13.2. The molecule has 3 aliphatic carbocycles. The van der Waals surface area contributed by atoms with Crippen LogP contribution in [-0.4, -0.2) is 82.4 Å². The molecule has 0 bridgehead atoms. The van der Waals surface area contributed by atoms with Crippen LogP contribution in [0.4, 0.5) is 10.6 Å². The van der Waals surface area contributed by atoms with Gasteiger partial charge in [-0.15, -0.1) is 0 Å². The highest BCUT2D eigenvalue weighted by atomic mass is 16.6. The van der Waals surface area contributed by atoms with Crippen LogP contribution in [-0.2, 0) is 21.4 Å². The smallest absolute Gasteiger partial charge is 0.407 e. The number of carbonyl (C=O) groups is 2. The third kappa shape index (κ3) is 5.35. The van der Waals surface area contributed by atoms with Gasteiger partial charge in [0.15, 0.2) is 17.3 Å². The number of hydrogen-bond acceptors (Lipinski definition) is 10. The van der Waals surface area contributed by atoms with Crippen molar-refractivity contribution >= 4 is 17.7 Å². The van der Waals surface area contributed by atoms with Gasteiger partial charge in [0, 0.05) is 55.1 Å². The first kappa shape index (κ1) is 29.5. The maximum Gasteiger partial charge on any atom is 0.407 e. The Labute approximate surface area is 259 Å². The second-order valence-corrected chi connectivity index (χ2v) is 14.7. The molecule has 2 saturated heterocycles. The summed E-state index contributed by atoms with van der Waals surface area (Å²) in [7, 11) is 2.15. The molecule has 2 aromatic heterocycles. The molecule has 2 aromatic rings. The molecule has 2 saturated carbocycles. The summed E-state index contributed by atoms with van der Waals surface area (Å²) in [6, 6.07) is 2.38. The van der Waals surface area contributed by atoms with Crippen LogP contribution in [0.3, 0.4) is 0 Å². The van der Waals surface area contributed by atoms with E-state index in [0.29, 0.717) is 41.7 Å². The number of rotatable bonds is 6. The average molecular weight is 607 g/mol. The van der Waals surface area contributed by atoms with Gasteiger partial charge < -0.3 is 24.2 Å². The van der Waals surface area contributed by atoms with Gasteiger partial charge in [-0.1, -0.05) is 11.6 Å². The highest BCUT2D eigenvalue weighted by Crippen LogP contribution is 2.49. The fourth-order valence-corrected chi connectivity index (χ4v) is 8.28. The summed E-state index contributed by atoms with van der Waals surface area (Å²) in [6.07, 6.45) is 7.80. The second kappa shape index (κ2) is 11.0. The third-order valence-corrected chi connectivity index (χ3v) is 10.6. The normalized spacial score (nSPS) is 30.7. The third-order valence-electron chi connectivity index (χ3n) is 10.6. The molecule has 11 heteroatoms. The number of anilines is 1. The van der Waals surface area contributed by atoms with Gasteiger partial charge in [0.1, 0.15) is 23.3 Å². The average Bonchev–Trinajstić information content (AvgIpc) is 3.43. The number of ketones is 1. The number of nitrogens with one attached hydrogen (secondary N) is 1. The van der Waals surface area contributed by atoms with E-state index in [1.165, 1.54) is 0 Å². The van der Waals surface area contributed by atoms with Crippen molar-refractivity contribution in [1.82, 2.24) is 25.3 Å². The Morgan fingerprint density at radius 1 is 1.11 bits per heavy atom. The van der Waals surface area contributed by atoms with Gasteiger partial charge in [-0.3, -0.25) is 9.69 Å². The number of fused-ring (bicyclic) bond motifs is 3. The first-order chi connectivity index (χ1) is 21.0. The van der Waals surface area contributed by atoms with Crippen LogP contribution in [0, 0.1) is 11.8 Å². The molecule has 2 aliphatic heterocycles. The van der Waals surface area contributed by atoms with Gasteiger partial charge in [0.2, 0.25) is 5.88 Å². The van der Waals surface area contributed by atoms with E-state index in [1.807, 2.05) is 26.8 Å². The Hall–Kier alpha value is -3.21. The topological polar surface area (TPSA) is 123 Å². The van der Waals surface area contributed by atoms with Crippen LogP contribution in [0.2, 0.25) is 0 Å². The first-order valence-corrected chi connectivity index (χ1v) is 16.6. The SMILES string of the molecule is C[C@H](Oc1cc(N2C[C@@H]3C(NC(=O)OC(C)(C)C)[C@@H]3C2)nc(-c2noc3c2CCC[C@@]32CCCCC2=O)n1)[C@@H]1CCCN1C. The van der Waals surface area contributed by atoms with Gasteiger partial charge in [0.05, 0.1) is 5.41 Å². The molecule has 7 rings (SSSR count). The molecule has 44 heavy (non-hydrogen) atoms. The molecule has 238 valence electrons. The lowest BCUT2D eigenvalue weighted by atomic mass is 9.64. The van der Waals surface area contributed by atoms with Crippen LogP contribution < -0.4 is 15.0 Å². The Balaban J connectivity index is 1.16. The lowest BCUT2D eigenvalue weighted by Gasteiger charge is -2.36. The van der Waals surface area contributed by atoms with E-state index in [-0.39, 0.29) is 24.0 Å². The summed E-state index contributed by atoms with van der Waals surface area (Å²) in [5.41, 5.74) is 0.525. The molecule has 0 aromatic carbocycles. The van der Waals surface area contributed by atoms with Crippen molar-refractivity contribution in [3.63, 3.8) is 0 Å². The number of ether oxygens (including phenoxy) is 2. The Morgan fingerprint density at radius 2 is 1.89 bits per heavy atom. The van der Waals surface area contributed by atoms with Crippen molar-refractivity contribution in [1.29, 1.82) is 0 Å². The minimum atomic E-state index is -0.554. The Bertz CT molecular complexity index is 1420. The molecule has 4 fully saturated rings. The van der Waals surface area contributed by atoms with Crippen LogP contribution in [0.15, 0.2) is 10.6 Å². The molecular formula is C33H46N6O5. The fraction of sp³-hybridized carbons (Fsp3) is 0.727. The number of piperidine rings is 1. The number of likely N-dealkylation sites (N-methyl/N-ethyl adjacent to an activating group) is 1. The van der Waals surface area contributed by atoms with Crippen LogP contribution in [0.25, 0.3) is 11.5 Å². The van der Waals surface area contributed by atoms with Crippen LogP contribution in [0.1, 0.15) is 90.4 Å². The van der Waals surface area contributed by atoms with Gasteiger partial charge in [-0.25, -0.2) is 9.78 Å². The molecule has 0 radical (unpaired) electrons. The van der Waals surface area contributed by atoms with Crippen molar-refractivity contribution in [2.75, 3.05) is 31.6 Å². The number of hydrogen-bond donors (Lipinski definition) is 1. The molecule has 1 spiro atoms. The van der Waals surface area contributed by atoms with Crippen LogP contribution >= 0.6 is 0 Å². The minimum Gasteiger partial charge on any atom is -0.473 e. The van der Waals surface area contributed by atoms with Crippen LogP contribution in [0.5, 0.6) is 5.88 Å². The maximum absolute atomic E-state index is 13.2. The van der Waals surface area contributed by atoms with Crippen molar-refractivity contribution in [3.8, 4) is 17.4 Å². The Kier molecular flexibility index (Phi) is 7.37. The number of carbonyl (C=O) groups excluding carboxylic acids is 2. The Morgan fingerprint density at radius 3 is 2.59 bits per heavy atom. The number of aromatic nitrogens is 3. The number of likely N-dealkylation sites (tertiary alicyclic amines) is 1. The molecular weight excluding hydrogens is 560 g/mol. The van der Waals surface area contributed by atoms with E-state index in [1.54, 1.807) is 0 Å². The molecule has 1 unspecified atom stereocenters. The zero-order chi connectivity index (χ0) is 30.8. The quantitative estimate of drug-likeness (QED) is 0.496. The van der Waals surface area contributed by atoms with E-state index in [4.69, 9.17) is 24.0 Å². The summed E-state index contributed by atoms with van der Waals surface area (Å²) in [4.78, 5) is 40.2. The molecule has 4 heterocycles. The number of nitrogens with zero attached hydrogens (tertiary/aromatic N) is 5. The zero-order valence-electron chi connectivity index (χ0n) is 26.7. The monoisotopic (exact) mass is 606 g/mol. The van der Waals surface area contributed by atoms with Gasteiger partial charge in [-0.2, -0.15) is 4.98 Å². The summed E-state index contributed by atoms with van der Waals surface area (Å²) in [5, 5.41) is 7.59. The van der Waals surface area contributed by atoms with Crippen molar-refractivity contribution in [2.45, 2.75) is 115 Å². The highest BCUT2D eigenvalue weighted by Gasteiger charge is 2.57. The largest absolute Gasteiger partial charge is 0.473 e. The van der Waals surface area contributed by atoms with Gasteiger partial charge >= 0.3 is 6.09 Å². The second-order valence-electron chi connectivity index (χ2n) is 14.7. The van der Waals surface area contributed by atoms with Crippen molar-refractivity contribution < 1.29 is 23.6 Å². The predicted molar refractivity (Wildman–Crippen MR) is 164 cm³/mol. The summed E-state index contributed by atoms with van der Waals surface area (Å²) in [5.74, 6) is 3.50. The fourth-order valence-electron chi connectivity index (χ4n) is 8.28. The number of alkyl carbamates (subject to hydrolysis) is 1. The molecule has 1 amide bonds. The zero-order valence-corrected chi connectivity index (χ0v) is 26.7. The van der Waals surface area contributed by atoms with E-state index in [2.05, 4.69) is 34.2 Å².